The minimum absolute atomic E-state index is 0.317. The minimum Gasteiger partial charge on any atom is -0.495 e. The minimum atomic E-state index is -0.649. The van der Waals surface area contributed by atoms with E-state index in [9.17, 15) is 4.79 Å². The number of amides is 1. The number of carbonyl (C=O) groups is 1. The van der Waals surface area contributed by atoms with Crippen molar-refractivity contribution in [3.63, 3.8) is 0 Å². The SMILES string of the molecule is CCOc1cc(C2C(C(=O)Nc3ccccc3OC)=C(C)Nc3nc(-c4ccco4)nn32)ccc1OCc1ccccc1. The molecule has 218 valence electrons. The van der Waals surface area contributed by atoms with Crippen LogP contribution in [0.4, 0.5) is 11.6 Å². The van der Waals surface area contributed by atoms with Crippen molar-refractivity contribution < 1.29 is 23.4 Å². The summed E-state index contributed by atoms with van der Waals surface area (Å²) in [6, 6.07) is 25.8. The van der Waals surface area contributed by atoms with Crippen LogP contribution in [0.2, 0.25) is 0 Å². The lowest BCUT2D eigenvalue weighted by molar-refractivity contribution is -0.113. The van der Waals surface area contributed by atoms with Crippen LogP contribution < -0.4 is 24.8 Å². The first-order valence-electron chi connectivity index (χ1n) is 13.9. The highest BCUT2D eigenvalue weighted by Crippen LogP contribution is 2.40. The molecule has 0 aliphatic carbocycles. The van der Waals surface area contributed by atoms with Crippen LogP contribution in [0.3, 0.4) is 0 Å². The summed E-state index contributed by atoms with van der Waals surface area (Å²) in [6.45, 7) is 4.58. The zero-order chi connectivity index (χ0) is 29.8. The van der Waals surface area contributed by atoms with Gasteiger partial charge in [-0.15, -0.1) is 5.10 Å². The van der Waals surface area contributed by atoms with E-state index in [2.05, 4.69) is 15.6 Å². The van der Waals surface area contributed by atoms with E-state index in [0.717, 1.165) is 11.1 Å². The fourth-order valence-corrected chi connectivity index (χ4v) is 5.02. The summed E-state index contributed by atoms with van der Waals surface area (Å²) in [5.74, 6) is 2.77. The Balaban J connectivity index is 1.41. The van der Waals surface area contributed by atoms with Crippen molar-refractivity contribution in [3.05, 3.63) is 114 Å². The van der Waals surface area contributed by atoms with Gasteiger partial charge < -0.3 is 29.3 Å². The van der Waals surface area contributed by atoms with Crippen molar-refractivity contribution >= 4 is 17.5 Å². The molecular weight excluding hydrogens is 546 g/mol. The van der Waals surface area contributed by atoms with Gasteiger partial charge >= 0.3 is 0 Å². The number of benzene rings is 3. The van der Waals surface area contributed by atoms with Crippen LogP contribution in [0.5, 0.6) is 17.2 Å². The van der Waals surface area contributed by atoms with Crippen LogP contribution >= 0.6 is 0 Å². The van der Waals surface area contributed by atoms with E-state index in [4.69, 9.17) is 23.7 Å². The van der Waals surface area contributed by atoms with E-state index in [1.807, 2.05) is 74.5 Å². The highest BCUT2D eigenvalue weighted by molar-refractivity contribution is 6.06. The normalized spacial score (nSPS) is 14.1. The topological polar surface area (TPSA) is 113 Å². The Morgan fingerprint density at radius 2 is 1.79 bits per heavy atom. The molecule has 1 aliphatic rings. The molecule has 0 saturated carbocycles. The van der Waals surface area contributed by atoms with E-state index in [1.165, 1.54) is 0 Å². The molecule has 10 nitrogen and oxygen atoms in total. The standard InChI is InChI=1S/C33H31N5O5/c1-4-41-28-19-23(16-17-26(28)43-20-22-11-6-5-7-12-22)30-29(32(39)35-24-13-8-9-14-25(24)40-3)21(2)34-33-36-31(37-38(30)33)27-15-10-18-42-27/h5-19,30H,4,20H2,1-3H3,(H,35,39)(H,34,36,37). The van der Waals surface area contributed by atoms with Gasteiger partial charge in [-0.25, -0.2) is 4.68 Å². The van der Waals surface area contributed by atoms with Crippen molar-refractivity contribution in [1.82, 2.24) is 14.8 Å². The van der Waals surface area contributed by atoms with Gasteiger partial charge in [0.15, 0.2) is 17.3 Å². The summed E-state index contributed by atoms with van der Waals surface area (Å²) in [6.07, 6.45) is 1.57. The number of carbonyl (C=O) groups excluding carboxylic acids is 1. The van der Waals surface area contributed by atoms with Crippen LogP contribution in [0.25, 0.3) is 11.6 Å². The monoisotopic (exact) mass is 577 g/mol. The first-order valence-corrected chi connectivity index (χ1v) is 13.9. The molecule has 1 aliphatic heterocycles. The Bertz CT molecular complexity index is 1760. The maximum atomic E-state index is 14.0. The molecule has 1 amide bonds. The second-order valence-electron chi connectivity index (χ2n) is 9.81. The molecule has 43 heavy (non-hydrogen) atoms. The molecule has 0 fully saturated rings. The molecule has 0 saturated heterocycles. The number of allylic oxidation sites excluding steroid dienone is 1. The largest absolute Gasteiger partial charge is 0.495 e. The number of aromatic nitrogens is 3. The van der Waals surface area contributed by atoms with Gasteiger partial charge in [0.2, 0.25) is 11.8 Å². The number of para-hydroxylation sites is 2. The third kappa shape index (κ3) is 5.67. The summed E-state index contributed by atoms with van der Waals surface area (Å²) in [5, 5.41) is 11.0. The number of hydrogen-bond acceptors (Lipinski definition) is 8. The van der Waals surface area contributed by atoms with Gasteiger partial charge in [-0.2, -0.15) is 4.98 Å². The van der Waals surface area contributed by atoms with Crippen molar-refractivity contribution in [3.8, 4) is 28.8 Å². The Morgan fingerprint density at radius 3 is 2.56 bits per heavy atom. The first kappa shape index (κ1) is 27.6. The molecule has 2 aromatic heterocycles. The first-order chi connectivity index (χ1) is 21.1. The van der Waals surface area contributed by atoms with E-state index in [0.29, 0.717) is 65.0 Å². The van der Waals surface area contributed by atoms with Gasteiger partial charge in [-0.05, 0) is 61.4 Å². The zero-order valence-corrected chi connectivity index (χ0v) is 24.0. The zero-order valence-electron chi connectivity index (χ0n) is 24.0. The molecule has 3 aromatic carbocycles. The third-order valence-corrected chi connectivity index (χ3v) is 7.01. The number of anilines is 2. The highest BCUT2D eigenvalue weighted by Gasteiger charge is 2.35. The van der Waals surface area contributed by atoms with Crippen LogP contribution in [0, 0.1) is 0 Å². The van der Waals surface area contributed by atoms with Gasteiger partial charge in [-0.3, -0.25) is 4.79 Å². The second-order valence-corrected chi connectivity index (χ2v) is 9.81. The number of nitrogens with one attached hydrogen (secondary N) is 2. The molecule has 1 unspecified atom stereocenters. The lowest BCUT2D eigenvalue weighted by Crippen LogP contribution is -2.31. The number of furan rings is 1. The molecule has 0 bridgehead atoms. The molecule has 0 radical (unpaired) electrons. The Hall–Kier alpha value is -5.51. The van der Waals surface area contributed by atoms with Crippen LogP contribution in [0.15, 0.2) is 107 Å². The summed E-state index contributed by atoms with van der Waals surface area (Å²) in [7, 11) is 1.56. The summed E-state index contributed by atoms with van der Waals surface area (Å²) < 4.78 is 24.9. The number of hydrogen-bond donors (Lipinski definition) is 2. The number of fused-ring (bicyclic) bond motifs is 1. The van der Waals surface area contributed by atoms with Crippen molar-refractivity contribution in [2.75, 3.05) is 24.4 Å². The summed E-state index contributed by atoms with van der Waals surface area (Å²) in [4.78, 5) is 18.7. The van der Waals surface area contributed by atoms with Crippen LogP contribution in [0.1, 0.15) is 31.0 Å². The van der Waals surface area contributed by atoms with Gasteiger partial charge in [0.25, 0.3) is 5.91 Å². The molecule has 6 rings (SSSR count). The van der Waals surface area contributed by atoms with Crippen molar-refractivity contribution in [1.29, 1.82) is 0 Å². The van der Waals surface area contributed by atoms with Gasteiger partial charge in [0.05, 0.1) is 31.2 Å². The Labute approximate surface area is 248 Å². The molecular formula is C33H31N5O5. The number of ether oxygens (including phenoxy) is 3. The van der Waals surface area contributed by atoms with E-state index >= 15 is 0 Å². The molecule has 2 N–H and O–H groups in total. The van der Waals surface area contributed by atoms with Gasteiger partial charge in [0, 0.05) is 5.70 Å². The lowest BCUT2D eigenvalue weighted by atomic mass is 9.94. The van der Waals surface area contributed by atoms with Gasteiger partial charge in [-0.1, -0.05) is 48.5 Å². The molecule has 10 heteroatoms. The summed E-state index contributed by atoms with van der Waals surface area (Å²) >= 11 is 0. The van der Waals surface area contributed by atoms with Crippen molar-refractivity contribution in [2.24, 2.45) is 0 Å². The smallest absolute Gasteiger partial charge is 0.255 e. The third-order valence-electron chi connectivity index (χ3n) is 7.01. The average molecular weight is 578 g/mol. The fourth-order valence-electron chi connectivity index (χ4n) is 5.02. The fraction of sp³-hybridized carbons (Fsp3) is 0.182. The maximum absolute atomic E-state index is 14.0. The Kier molecular flexibility index (Phi) is 7.82. The highest BCUT2D eigenvalue weighted by atomic mass is 16.5. The predicted octanol–water partition coefficient (Wildman–Crippen LogP) is 6.45. The van der Waals surface area contributed by atoms with Crippen molar-refractivity contribution in [2.45, 2.75) is 26.5 Å². The maximum Gasteiger partial charge on any atom is 0.255 e. The number of rotatable bonds is 10. The summed E-state index contributed by atoms with van der Waals surface area (Å²) in [5.41, 5.74) is 3.44. The number of methoxy groups -OCH3 is 1. The predicted molar refractivity (Wildman–Crippen MR) is 162 cm³/mol. The lowest BCUT2D eigenvalue weighted by Gasteiger charge is -2.29. The van der Waals surface area contributed by atoms with E-state index in [1.54, 1.807) is 42.3 Å². The molecule has 0 spiro atoms. The molecule has 1 atom stereocenters. The van der Waals surface area contributed by atoms with E-state index in [-0.39, 0.29) is 5.91 Å². The molecule has 5 aromatic rings. The van der Waals surface area contributed by atoms with Gasteiger partial charge in [0.1, 0.15) is 18.4 Å². The number of nitrogens with zero attached hydrogens (tertiary/aromatic N) is 3. The van der Waals surface area contributed by atoms with Crippen LogP contribution in [-0.4, -0.2) is 34.4 Å². The molecule has 3 heterocycles. The average Bonchev–Trinajstić information content (AvgIpc) is 3.71. The van der Waals surface area contributed by atoms with Crippen LogP contribution in [-0.2, 0) is 11.4 Å². The second kappa shape index (κ2) is 12.2. The Morgan fingerprint density at radius 1 is 0.977 bits per heavy atom. The quantitative estimate of drug-likeness (QED) is 0.195. The van der Waals surface area contributed by atoms with E-state index < -0.39 is 6.04 Å².